The van der Waals surface area contributed by atoms with Crippen LogP contribution in [0.2, 0.25) is 0 Å². The van der Waals surface area contributed by atoms with Crippen LogP contribution in [0, 0.1) is 0 Å². The number of hydrogen-bond donors (Lipinski definition) is 0. The summed E-state index contributed by atoms with van der Waals surface area (Å²) < 4.78 is 0. The van der Waals surface area contributed by atoms with Crippen molar-refractivity contribution < 1.29 is 0 Å². The van der Waals surface area contributed by atoms with Gasteiger partial charge in [-0.3, -0.25) is 0 Å². The predicted molar refractivity (Wildman–Crippen MR) is 38.4 cm³/mol. The number of aromatic nitrogens is 2. The fraction of sp³-hybridized carbons (Fsp3) is 0.333. The third-order valence-electron chi connectivity index (χ3n) is 0.816. The van der Waals surface area contributed by atoms with Crippen molar-refractivity contribution in [3.8, 4) is 0 Å². The van der Waals surface area contributed by atoms with E-state index in [1.165, 1.54) is 0 Å². The highest BCUT2D eigenvalue weighted by atomic mass is 32.2. The summed E-state index contributed by atoms with van der Waals surface area (Å²) in [6, 6.07) is 1.82. The fourth-order valence-electron chi connectivity index (χ4n) is 0.489. The molecule has 0 aliphatic carbocycles. The Morgan fingerprint density at radius 3 is 2.67 bits per heavy atom. The minimum atomic E-state index is 0.861. The molecule has 0 aliphatic rings. The Labute approximate surface area is 58.7 Å². The van der Waals surface area contributed by atoms with Crippen LogP contribution < -0.4 is 0 Å². The van der Waals surface area contributed by atoms with Crippen LogP contribution in [-0.4, -0.2) is 15.7 Å². The Balaban J connectivity index is 2.61. The molecule has 0 unspecified atom stereocenters. The van der Waals surface area contributed by atoms with Crippen LogP contribution in [0.15, 0.2) is 23.6 Å². The van der Waals surface area contributed by atoms with Gasteiger partial charge in [-0.1, -0.05) is 18.7 Å². The van der Waals surface area contributed by atoms with Gasteiger partial charge in [-0.2, -0.15) is 0 Å². The number of hydrogen-bond acceptors (Lipinski definition) is 3. The third-order valence-corrected chi connectivity index (χ3v) is 1.57. The molecule has 9 heavy (non-hydrogen) atoms. The predicted octanol–water partition coefficient (Wildman–Crippen LogP) is 1.59. The zero-order valence-electron chi connectivity index (χ0n) is 5.24. The molecule has 1 aromatic rings. The highest BCUT2D eigenvalue weighted by Gasteiger charge is 1.88. The summed E-state index contributed by atoms with van der Waals surface area (Å²) in [4.78, 5) is 8.04. The zero-order chi connectivity index (χ0) is 6.53. The largest absolute Gasteiger partial charge is 0.231 e. The maximum absolute atomic E-state index is 4.02. The summed E-state index contributed by atoms with van der Waals surface area (Å²) in [6.45, 7) is 2.08. The van der Waals surface area contributed by atoms with Gasteiger partial charge in [-0.25, -0.2) is 9.97 Å². The summed E-state index contributed by atoms with van der Waals surface area (Å²) in [6.07, 6.45) is 3.51. The summed E-state index contributed by atoms with van der Waals surface area (Å²) in [5.74, 6) is 1.03. The number of thioether (sulfide) groups is 1. The average molecular weight is 140 g/mol. The first-order valence-electron chi connectivity index (χ1n) is 2.83. The monoisotopic (exact) mass is 140 g/mol. The molecule has 0 atom stereocenters. The van der Waals surface area contributed by atoms with E-state index in [1.54, 1.807) is 24.2 Å². The van der Waals surface area contributed by atoms with E-state index in [-0.39, 0.29) is 0 Å². The molecule has 0 radical (unpaired) electrons. The van der Waals surface area contributed by atoms with E-state index >= 15 is 0 Å². The number of nitrogens with zero attached hydrogens (tertiary/aromatic N) is 2. The zero-order valence-corrected chi connectivity index (χ0v) is 6.06. The lowest BCUT2D eigenvalue weighted by atomic mass is 10.7. The molecule has 0 fully saturated rings. The maximum atomic E-state index is 4.02. The first-order valence-corrected chi connectivity index (χ1v) is 3.82. The lowest BCUT2D eigenvalue weighted by Crippen LogP contribution is -1.81. The van der Waals surface area contributed by atoms with Crippen molar-refractivity contribution >= 4 is 11.8 Å². The van der Waals surface area contributed by atoms with Crippen molar-refractivity contribution in [3.63, 3.8) is 0 Å². The van der Waals surface area contributed by atoms with Crippen LogP contribution in [0.25, 0.3) is 0 Å². The molecule has 0 N–H and O–H groups in total. The Bertz CT molecular complexity index is 164. The normalized spacial score (nSPS) is 9.44. The van der Waals surface area contributed by atoms with E-state index in [0.717, 1.165) is 10.9 Å². The molecule has 1 aromatic heterocycles. The molecule has 2 nitrogen and oxygen atoms in total. The minimum Gasteiger partial charge on any atom is -0.231 e. The van der Waals surface area contributed by atoms with E-state index in [2.05, 4.69) is 16.9 Å². The van der Waals surface area contributed by atoms with E-state index in [1.807, 2.05) is 6.07 Å². The van der Waals surface area contributed by atoms with Crippen LogP contribution in [0.3, 0.4) is 0 Å². The molecule has 48 valence electrons. The van der Waals surface area contributed by atoms with Crippen molar-refractivity contribution in [2.45, 2.75) is 12.1 Å². The second-order valence-electron chi connectivity index (χ2n) is 1.46. The number of rotatable bonds is 2. The molecule has 0 aliphatic heterocycles. The molecule has 0 amide bonds. The molecule has 0 aromatic carbocycles. The smallest absolute Gasteiger partial charge is 0.187 e. The first-order chi connectivity index (χ1) is 4.43. The summed E-state index contributed by atoms with van der Waals surface area (Å²) in [5.41, 5.74) is 0. The van der Waals surface area contributed by atoms with Crippen molar-refractivity contribution in [3.05, 3.63) is 18.5 Å². The van der Waals surface area contributed by atoms with Gasteiger partial charge < -0.3 is 0 Å². The van der Waals surface area contributed by atoms with Gasteiger partial charge in [0.1, 0.15) is 0 Å². The highest BCUT2D eigenvalue weighted by molar-refractivity contribution is 7.99. The molecule has 1 rings (SSSR count). The minimum absolute atomic E-state index is 0.861. The van der Waals surface area contributed by atoms with Gasteiger partial charge in [-0.15, -0.1) is 0 Å². The third kappa shape index (κ3) is 2.01. The molecule has 0 bridgehead atoms. The molecule has 1 heterocycles. The second-order valence-corrected chi connectivity index (χ2v) is 2.70. The molecular formula is C6H8N2S. The topological polar surface area (TPSA) is 25.8 Å². The average Bonchev–Trinajstić information content (AvgIpc) is 1.91. The Morgan fingerprint density at radius 1 is 1.44 bits per heavy atom. The van der Waals surface area contributed by atoms with Gasteiger partial charge in [-0.05, 0) is 11.8 Å². The second kappa shape index (κ2) is 3.45. The standard InChI is InChI=1S/C6H8N2S/c1-2-9-6-7-4-3-5-8-6/h3-5H,2H2,1H3. The molecule has 3 heteroatoms. The summed E-state index contributed by atoms with van der Waals surface area (Å²) in [7, 11) is 0. The summed E-state index contributed by atoms with van der Waals surface area (Å²) in [5, 5.41) is 0.861. The van der Waals surface area contributed by atoms with Crippen molar-refractivity contribution in [1.29, 1.82) is 0 Å². The van der Waals surface area contributed by atoms with Crippen LogP contribution in [0.1, 0.15) is 6.92 Å². The van der Waals surface area contributed by atoms with Gasteiger partial charge in [0.25, 0.3) is 0 Å². The van der Waals surface area contributed by atoms with E-state index < -0.39 is 0 Å². The Kier molecular flexibility index (Phi) is 2.51. The van der Waals surface area contributed by atoms with Gasteiger partial charge >= 0.3 is 0 Å². The van der Waals surface area contributed by atoms with E-state index in [4.69, 9.17) is 0 Å². The van der Waals surface area contributed by atoms with Crippen LogP contribution in [0.4, 0.5) is 0 Å². The van der Waals surface area contributed by atoms with Crippen LogP contribution in [0.5, 0.6) is 0 Å². The van der Waals surface area contributed by atoms with Crippen molar-refractivity contribution in [1.82, 2.24) is 9.97 Å². The molecular weight excluding hydrogens is 132 g/mol. The fourth-order valence-corrected chi connectivity index (χ4v) is 1.02. The molecule has 0 spiro atoms. The lowest BCUT2D eigenvalue weighted by Gasteiger charge is -1.91. The van der Waals surface area contributed by atoms with Gasteiger partial charge in [0.15, 0.2) is 5.16 Å². The van der Waals surface area contributed by atoms with Crippen LogP contribution in [-0.2, 0) is 0 Å². The van der Waals surface area contributed by atoms with Crippen molar-refractivity contribution in [2.75, 3.05) is 5.75 Å². The van der Waals surface area contributed by atoms with Crippen LogP contribution >= 0.6 is 11.8 Å². The molecule has 0 saturated heterocycles. The first kappa shape index (κ1) is 6.55. The van der Waals surface area contributed by atoms with Crippen molar-refractivity contribution in [2.24, 2.45) is 0 Å². The van der Waals surface area contributed by atoms with E-state index in [0.29, 0.717) is 0 Å². The maximum Gasteiger partial charge on any atom is 0.187 e. The molecule has 0 saturated carbocycles. The summed E-state index contributed by atoms with van der Waals surface area (Å²) >= 11 is 1.65. The van der Waals surface area contributed by atoms with E-state index in [9.17, 15) is 0 Å². The Morgan fingerprint density at radius 2 is 2.11 bits per heavy atom. The SMILES string of the molecule is CCSc1ncccn1. The lowest BCUT2D eigenvalue weighted by molar-refractivity contribution is 0.967. The highest BCUT2D eigenvalue weighted by Crippen LogP contribution is 2.08. The van der Waals surface area contributed by atoms with Gasteiger partial charge in [0.2, 0.25) is 0 Å². The van der Waals surface area contributed by atoms with Gasteiger partial charge in [0.05, 0.1) is 0 Å². The Hall–Kier alpha value is -0.570. The van der Waals surface area contributed by atoms with Gasteiger partial charge in [0, 0.05) is 12.4 Å². The quantitative estimate of drug-likeness (QED) is 0.461.